The number of hydrogen-bond donors (Lipinski definition) is 0. The number of anilines is 1. The fourth-order valence-corrected chi connectivity index (χ4v) is 2.78. The fraction of sp³-hybridized carbons (Fsp3) is 0.438. The van der Waals surface area contributed by atoms with Crippen molar-refractivity contribution in [1.29, 1.82) is 0 Å². The molecule has 0 radical (unpaired) electrons. The van der Waals surface area contributed by atoms with Gasteiger partial charge in [0.1, 0.15) is 0 Å². The van der Waals surface area contributed by atoms with Crippen LogP contribution in [0, 0.1) is 13.8 Å². The summed E-state index contributed by atoms with van der Waals surface area (Å²) in [5.41, 5.74) is 3.61. The van der Waals surface area contributed by atoms with Crippen LogP contribution in [-0.2, 0) is 6.54 Å². The van der Waals surface area contributed by atoms with Gasteiger partial charge in [-0.15, -0.1) is 0 Å². The lowest BCUT2D eigenvalue weighted by Gasteiger charge is -2.45. The molecular formula is C16H21N3O. The zero-order valence-corrected chi connectivity index (χ0v) is 12.3. The van der Waals surface area contributed by atoms with Gasteiger partial charge in [0.25, 0.3) is 0 Å². The first kappa shape index (κ1) is 13.2. The van der Waals surface area contributed by atoms with Crippen molar-refractivity contribution < 1.29 is 4.52 Å². The normalized spacial score (nSPS) is 16.1. The smallest absolute Gasteiger partial charge is 0.150 e. The molecule has 4 heteroatoms. The minimum Gasteiger partial charge on any atom is -0.369 e. The molecule has 1 aromatic heterocycles. The maximum Gasteiger partial charge on any atom is 0.150 e. The number of aryl methyl sites for hydroxylation is 2. The number of benzene rings is 1. The van der Waals surface area contributed by atoms with Crippen LogP contribution in [0.5, 0.6) is 0 Å². The second-order valence-corrected chi connectivity index (χ2v) is 5.68. The van der Waals surface area contributed by atoms with Crippen molar-refractivity contribution in [2.75, 3.05) is 25.0 Å². The Morgan fingerprint density at radius 2 is 2.05 bits per heavy atom. The molecule has 0 spiro atoms. The van der Waals surface area contributed by atoms with E-state index in [9.17, 15) is 0 Å². The van der Waals surface area contributed by atoms with E-state index >= 15 is 0 Å². The van der Waals surface area contributed by atoms with Crippen LogP contribution in [0.4, 0.5) is 5.69 Å². The minimum atomic E-state index is 0.583. The lowest BCUT2D eigenvalue weighted by Crippen LogP contribution is -2.58. The summed E-state index contributed by atoms with van der Waals surface area (Å²) in [6.07, 6.45) is 0. The number of aromatic nitrogens is 1. The quantitative estimate of drug-likeness (QED) is 0.855. The van der Waals surface area contributed by atoms with E-state index in [1.165, 1.54) is 11.3 Å². The molecule has 1 saturated heterocycles. The van der Waals surface area contributed by atoms with Crippen LogP contribution in [-0.4, -0.2) is 36.2 Å². The van der Waals surface area contributed by atoms with Crippen LogP contribution >= 0.6 is 0 Å². The largest absolute Gasteiger partial charge is 0.369 e. The van der Waals surface area contributed by atoms with Crippen molar-refractivity contribution in [2.45, 2.75) is 26.4 Å². The number of para-hydroxylation sites is 1. The van der Waals surface area contributed by atoms with E-state index in [0.717, 1.165) is 31.1 Å². The van der Waals surface area contributed by atoms with E-state index < -0.39 is 0 Å². The van der Waals surface area contributed by atoms with Crippen LogP contribution in [0.15, 0.2) is 34.9 Å². The summed E-state index contributed by atoms with van der Waals surface area (Å²) in [6.45, 7) is 7.13. The van der Waals surface area contributed by atoms with Crippen LogP contribution in [0.25, 0.3) is 0 Å². The summed E-state index contributed by atoms with van der Waals surface area (Å²) in [4.78, 5) is 4.77. The fourth-order valence-electron chi connectivity index (χ4n) is 2.78. The topological polar surface area (TPSA) is 32.5 Å². The average molecular weight is 271 g/mol. The molecule has 0 saturated carbocycles. The summed E-state index contributed by atoms with van der Waals surface area (Å²) in [5, 5.41) is 3.93. The lowest BCUT2D eigenvalue weighted by molar-refractivity contribution is 0.124. The summed E-state index contributed by atoms with van der Waals surface area (Å²) in [6, 6.07) is 11.1. The Labute approximate surface area is 120 Å². The van der Waals surface area contributed by atoms with E-state index in [-0.39, 0.29) is 0 Å². The number of likely N-dealkylation sites (N-methyl/N-ethyl adjacent to an activating group) is 1. The van der Waals surface area contributed by atoms with Crippen LogP contribution < -0.4 is 4.90 Å². The van der Waals surface area contributed by atoms with Crippen molar-refractivity contribution in [3.8, 4) is 0 Å². The monoisotopic (exact) mass is 271 g/mol. The second-order valence-electron chi connectivity index (χ2n) is 5.68. The molecule has 0 aliphatic carbocycles. The molecule has 20 heavy (non-hydrogen) atoms. The van der Waals surface area contributed by atoms with Gasteiger partial charge in [0.15, 0.2) is 5.76 Å². The number of rotatable bonds is 4. The summed E-state index contributed by atoms with van der Waals surface area (Å²) < 4.78 is 5.26. The minimum absolute atomic E-state index is 0.583. The van der Waals surface area contributed by atoms with E-state index in [1.807, 2.05) is 13.0 Å². The van der Waals surface area contributed by atoms with Gasteiger partial charge in [-0.2, -0.15) is 0 Å². The molecule has 106 valence electrons. The Morgan fingerprint density at radius 3 is 2.70 bits per heavy atom. The van der Waals surface area contributed by atoms with E-state index in [4.69, 9.17) is 4.52 Å². The van der Waals surface area contributed by atoms with Gasteiger partial charge in [0, 0.05) is 31.9 Å². The summed E-state index contributed by atoms with van der Waals surface area (Å²) in [5.74, 6) is 0.958. The third kappa shape index (κ3) is 2.56. The van der Waals surface area contributed by atoms with Crippen molar-refractivity contribution >= 4 is 5.69 Å². The lowest BCUT2D eigenvalue weighted by atomic mass is 10.1. The summed E-state index contributed by atoms with van der Waals surface area (Å²) >= 11 is 0. The molecule has 1 aliphatic rings. The van der Waals surface area contributed by atoms with Gasteiger partial charge < -0.3 is 9.42 Å². The molecule has 2 aromatic rings. The van der Waals surface area contributed by atoms with Crippen LogP contribution in [0.1, 0.15) is 17.0 Å². The Bertz CT molecular complexity index is 587. The molecule has 0 unspecified atom stereocenters. The zero-order chi connectivity index (χ0) is 14.1. The van der Waals surface area contributed by atoms with E-state index in [1.54, 1.807) is 0 Å². The Morgan fingerprint density at radius 1 is 1.30 bits per heavy atom. The van der Waals surface area contributed by atoms with Crippen molar-refractivity contribution in [3.05, 3.63) is 47.3 Å². The first-order chi connectivity index (χ1) is 9.63. The Balaban J connectivity index is 1.56. The van der Waals surface area contributed by atoms with Crippen LogP contribution in [0.2, 0.25) is 0 Å². The molecule has 0 amide bonds. The predicted octanol–water partition coefficient (Wildman–Crippen LogP) is 2.61. The Kier molecular flexibility index (Phi) is 3.49. The molecule has 3 rings (SSSR count). The maximum absolute atomic E-state index is 5.26. The van der Waals surface area contributed by atoms with Crippen LogP contribution in [0.3, 0.4) is 0 Å². The van der Waals surface area contributed by atoms with E-state index in [2.05, 4.69) is 53.2 Å². The van der Waals surface area contributed by atoms with Crippen molar-refractivity contribution in [1.82, 2.24) is 10.1 Å². The van der Waals surface area contributed by atoms with E-state index in [0.29, 0.717) is 6.04 Å². The highest BCUT2D eigenvalue weighted by atomic mass is 16.5. The molecule has 2 heterocycles. The molecule has 0 N–H and O–H groups in total. The standard InChI is InChI=1S/C16H21N3O/c1-12-6-4-5-7-16(12)18(3)14-9-19(10-14)11-15-8-13(2)17-20-15/h4-8,14H,9-11H2,1-3H3. The molecule has 1 aromatic carbocycles. The molecule has 1 aliphatic heterocycles. The van der Waals surface area contributed by atoms with Gasteiger partial charge in [-0.05, 0) is 25.5 Å². The molecule has 0 atom stereocenters. The van der Waals surface area contributed by atoms with Gasteiger partial charge in [-0.25, -0.2) is 0 Å². The van der Waals surface area contributed by atoms with Gasteiger partial charge in [0.2, 0.25) is 0 Å². The zero-order valence-electron chi connectivity index (χ0n) is 12.3. The highest BCUT2D eigenvalue weighted by molar-refractivity contribution is 5.53. The summed E-state index contributed by atoms with van der Waals surface area (Å²) in [7, 11) is 2.18. The molecular weight excluding hydrogens is 250 g/mol. The van der Waals surface area contributed by atoms with Gasteiger partial charge in [-0.1, -0.05) is 23.4 Å². The first-order valence-electron chi connectivity index (χ1n) is 7.06. The van der Waals surface area contributed by atoms with Crippen molar-refractivity contribution in [2.24, 2.45) is 0 Å². The number of hydrogen-bond acceptors (Lipinski definition) is 4. The van der Waals surface area contributed by atoms with Gasteiger partial charge in [0.05, 0.1) is 18.3 Å². The number of likely N-dealkylation sites (tertiary alicyclic amines) is 1. The second kappa shape index (κ2) is 5.29. The first-order valence-corrected chi connectivity index (χ1v) is 7.06. The Hall–Kier alpha value is -1.81. The van der Waals surface area contributed by atoms with Crippen molar-refractivity contribution in [3.63, 3.8) is 0 Å². The highest BCUT2D eigenvalue weighted by Gasteiger charge is 2.31. The van der Waals surface area contributed by atoms with Gasteiger partial charge in [-0.3, -0.25) is 4.90 Å². The average Bonchev–Trinajstić information content (AvgIpc) is 2.79. The third-order valence-corrected chi connectivity index (χ3v) is 4.04. The van der Waals surface area contributed by atoms with Gasteiger partial charge >= 0.3 is 0 Å². The molecule has 4 nitrogen and oxygen atoms in total. The SMILES string of the molecule is Cc1cc(CN2CC(N(C)c3ccccc3C)C2)on1. The molecule has 1 fully saturated rings. The maximum atomic E-state index is 5.26. The molecule has 0 bridgehead atoms. The third-order valence-electron chi connectivity index (χ3n) is 4.04. The number of nitrogens with zero attached hydrogens (tertiary/aromatic N) is 3. The predicted molar refractivity (Wildman–Crippen MR) is 79.9 cm³/mol. The highest BCUT2D eigenvalue weighted by Crippen LogP contribution is 2.25.